The molecule has 0 aliphatic rings. The molecule has 1 N–H and O–H groups in total. The molecule has 0 aliphatic heterocycles. The summed E-state index contributed by atoms with van der Waals surface area (Å²) in [6.07, 6.45) is 0. The third-order valence-corrected chi connectivity index (χ3v) is 3.01. The van der Waals surface area contributed by atoms with Gasteiger partial charge in [-0.3, -0.25) is 0 Å². The fourth-order valence-corrected chi connectivity index (χ4v) is 2.24. The lowest BCUT2D eigenvalue weighted by atomic mass is 10.0. The maximum absolute atomic E-state index is 8.10. The molecule has 0 aromatic heterocycles. The minimum absolute atomic E-state index is 0.892. The molecule has 0 fully saturated rings. The molecule has 0 unspecified atom stereocenters. The van der Waals surface area contributed by atoms with Crippen molar-refractivity contribution >= 4 is 22.8 Å². The van der Waals surface area contributed by atoms with Crippen LogP contribution < -0.4 is 0 Å². The lowest BCUT2D eigenvalue weighted by Gasteiger charge is -2.06. The van der Waals surface area contributed by atoms with Gasteiger partial charge in [0, 0.05) is 4.90 Å². The molecule has 2 aromatic carbocycles. The Labute approximate surface area is 98.1 Å². The second-order valence-electron chi connectivity index (χ2n) is 3.69. The highest BCUT2D eigenvalue weighted by molar-refractivity contribution is 7.94. The van der Waals surface area contributed by atoms with Gasteiger partial charge in [0.15, 0.2) is 0 Å². The van der Waals surface area contributed by atoms with E-state index in [1.807, 2.05) is 19.1 Å². The van der Waals surface area contributed by atoms with Gasteiger partial charge in [0.2, 0.25) is 0 Å². The predicted molar refractivity (Wildman–Crippen MR) is 64.1 cm³/mol. The highest BCUT2D eigenvalue weighted by Crippen LogP contribution is 2.28. The van der Waals surface area contributed by atoms with Gasteiger partial charge < -0.3 is 0 Å². The molecular formula is C12H12O3S. The maximum Gasteiger partial charge on any atom is 0.0714 e. The van der Waals surface area contributed by atoms with Gasteiger partial charge in [0.05, 0.1) is 12.0 Å². The summed E-state index contributed by atoms with van der Waals surface area (Å²) >= 11 is 0.981. The Balaban J connectivity index is 2.46. The van der Waals surface area contributed by atoms with Crippen molar-refractivity contribution in [1.29, 1.82) is 0 Å². The van der Waals surface area contributed by atoms with Crippen molar-refractivity contribution in [2.45, 2.75) is 18.7 Å². The van der Waals surface area contributed by atoms with Crippen LogP contribution in [-0.2, 0) is 9.37 Å². The summed E-state index contributed by atoms with van der Waals surface area (Å²) in [5, 5.41) is 14.1. The van der Waals surface area contributed by atoms with E-state index in [2.05, 4.69) is 34.5 Å². The summed E-state index contributed by atoms with van der Waals surface area (Å²) in [6.45, 7) is 4.12. The minimum Gasteiger partial charge on any atom is -0.220 e. The van der Waals surface area contributed by atoms with E-state index < -0.39 is 0 Å². The van der Waals surface area contributed by atoms with E-state index in [0.717, 1.165) is 22.3 Å². The minimum atomic E-state index is 0.892. The van der Waals surface area contributed by atoms with Gasteiger partial charge in [0.25, 0.3) is 0 Å². The Bertz CT molecular complexity index is 511. The maximum atomic E-state index is 8.10. The first kappa shape index (κ1) is 11.4. The van der Waals surface area contributed by atoms with E-state index in [1.165, 1.54) is 16.5 Å². The fraction of sp³-hybridized carbons (Fsp3) is 0.167. The third kappa shape index (κ3) is 2.36. The van der Waals surface area contributed by atoms with Crippen molar-refractivity contribution in [2.24, 2.45) is 0 Å². The molecule has 2 aromatic rings. The molecule has 0 saturated heterocycles. The smallest absolute Gasteiger partial charge is 0.0714 e. The second kappa shape index (κ2) is 4.84. The first-order valence-electron chi connectivity index (χ1n) is 4.86. The number of aryl methyl sites for hydroxylation is 2. The van der Waals surface area contributed by atoms with Crippen LogP contribution in [0, 0.1) is 13.8 Å². The quantitative estimate of drug-likeness (QED) is 0.498. The SMILES string of the molecule is Cc1ccc2cc(SOOO)cc(C)c2c1. The predicted octanol–water partition coefficient (Wildman–Crippen LogP) is 3.88. The van der Waals surface area contributed by atoms with Crippen LogP contribution in [0.4, 0.5) is 0 Å². The Hall–Kier alpha value is -1.07. The van der Waals surface area contributed by atoms with Gasteiger partial charge in [-0.05, 0) is 42.3 Å². The molecular weight excluding hydrogens is 224 g/mol. The molecule has 0 heterocycles. The normalized spacial score (nSPS) is 10.9. The molecule has 84 valence electrons. The Morgan fingerprint density at radius 1 is 1.12 bits per heavy atom. The zero-order valence-electron chi connectivity index (χ0n) is 9.06. The number of benzene rings is 2. The van der Waals surface area contributed by atoms with Crippen molar-refractivity contribution < 1.29 is 14.6 Å². The van der Waals surface area contributed by atoms with Crippen LogP contribution in [0.1, 0.15) is 11.1 Å². The summed E-state index contributed by atoms with van der Waals surface area (Å²) in [5.41, 5.74) is 2.41. The van der Waals surface area contributed by atoms with Gasteiger partial charge >= 0.3 is 0 Å². The summed E-state index contributed by atoms with van der Waals surface area (Å²) < 4.78 is 4.42. The number of rotatable bonds is 3. The van der Waals surface area contributed by atoms with Crippen LogP contribution in [-0.4, -0.2) is 5.26 Å². The lowest BCUT2D eigenvalue weighted by Crippen LogP contribution is -1.84. The summed E-state index contributed by atoms with van der Waals surface area (Å²) in [4.78, 5) is 0.892. The molecule has 2 rings (SSSR count). The molecule has 0 spiro atoms. The van der Waals surface area contributed by atoms with Crippen LogP contribution in [0.15, 0.2) is 35.2 Å². The molecule has 0 bridgehead atoms. The molecule has 0 saturated carbocycles. The van der Waals surface area contributed by atoms with Crippen molar-refractivity contribution in [2.75, 3.05) is 0 Å². The van der Waals surface area contributed by atoms with Crippen molar-refractivity contribution in [3.8, 4) is 0 Å². The first-order chi connectivity index (χ1) is 7.70. The van der Waals surface area contributed by atoms with E-state index in [-0.39, 0.29) is 0 Å². The van der Waals surface area contributed by atoms with Crippen molar-refractivity contribution in [1.82, 2.24) is 0 Å². The van der Waals surface area contributed by atoms with Crippen LogP contribution in [0.5, 0.6) is 0 Å². The molecule has 4 heteroatoms. The molecule has 16 heavy (non-hydrogen) atoms. The van der Waals surface area contributed by atoms with E-state index in [4.69, 9.17) is 5.26 Å². The van der Waals surface area contributed by atoms with Crippen LogP contribution in [0.2, 0.25) is 0 Å². The molecule has 0 radical (unpaired) electrons. The number of hydrogen-bond acceptors (Lipinski definition) is 4. The summed E-state index contributed by atoms with van der Waals surface area (Å²) in [6, 6.07) is 10.3. The average Bonchev–Trinajstić information content (AvgIpc) is 2.27. The van der Waals surface area contributed by atoms with E-state index in [0.29, 0.717) is 0 Å². The Morgan fingerprint density at radius 2 is 1.94 bits per heavy atom. The Kier molecular flexibility index (Phi) is 3.46. The zero-order valence-corrected chi connectivity index (χ0v) is 9.88. The lowest BCUT2D eigenvalue weighted by molar-refractivity contribution is -0.432. The van der Waals surface area contributed by atoms with Crippen LogP contribution in [0.3, 0.4) is 0 Å². The number of fused-ring (bicyclic) bond motifs is 1. The van der Waals surface area contributed by atoms with E-state index in [1.54, 1.807) is 0 Å². The van der Waals surface area contributed by atoms with Crippen molar-refractivity contribution in [3.63, 3.8) is 0 Å². The van der Waals surface area contributed by atoms with Gasteiger partial charge in [-0.2, -0.15) is 0 Å². The van der Waals surface area contributed by atoms with Gasteiger partial charge in [-0.15, -0.1) is 4.33 Å². The van der Waals surface area contributed by atoms with Gasteiger partial charge in [-0.1, -0.05) is 28.8 Å². The van der Waals surface area contributed by atoms with E-state index >= 15 is 0 Å². The molecule has 0 atom stereocenters. The topological polar surface area (TPSA) is 38.7 Å². The number of hydrogen-bond donors (Lipinski definition) is 1. The molecule has 0 aliphatic carbocycles. The van der Waals surface area contributed by atoms with E-state index in [9.17, 15) is 0 Å². The largest absolute Gasteiger partial charge is 0.220 e. The van der Waals surface area contributed by atoms with Gasteiger partial charge in [0.1, 0.15) is 0 Å². The monoisotopic (exact) mass is 236 g/mol. The standard InChI is InChI=1S/C12H12O3S/c1-8-3-4-10-7-11(16-15-14-13)6-9(2)12(10)5-8/h3-7,13H,1-2H3. The third-order valence-electron chi connectivity index (χ3n) is 2.45. The average molecular weight is 236 g/mol. The zero-order chi connectivity index (χ0) is 11.5. The van der Waals surface area contributed by atoms with Gasteiger partial charge in [-0.25, -0.2) is 5.26 Å². The molecule has 3 nitrogen and oxygen atoms in total. The molecule has 0 amide bonds. The van der Waals surface area contributed by atoms with Crippen LogP contribution in [0.25, 0.3) is 10.8 Å². The fourth-order valence-electron chi connectivity index (χ4n) is 1.73. The second-order valence-corrected chi connectivity index (χ2v) is 4.46. The highest BCUT2D eigenvalue weighted by atomic mass is 32.2. The highest BCUT2D eigenvalue weighted by Gasteiger charge is 2.03. The van der Waals surface area contributed by atoms with Crippen LogP contribution >= 0.6 is 12.0 Å². The summed E-state index contributed by atoms with van der Waals surface area (Å²) in [7, 11) is 0. The summed E-state index contributed by atoms with van der Waals surface area (Å²) in [5.74, 6) is 0. The van der Waals surface area contributed by atoms with Crippen molar-refractivity contribution in [3.05, 3.63) is 41.5 Å². The first-order valence-corrected chi connectivity index (χ1v) is 5.60. The Morgan fingerprint density at radius 3 is 2.69 bits per heavy atom.